The average Bonchev–Trinajstić information content (AvgIpc) is 4.15. The third-order valence-corrected chi connectivity index (χ3v) is 15.0. The van der Waals surface area contributed by atoms with Crippen molar-refractivity contribution in [1.29, 1.82) is 0 Å². The Morgan fingerprint density at radius 1 is 0.367 bits per heavy atom. The number of hydrogen-bond donors (Lipinski definition) is 2. The Balaban J connectivity index is 1.21. The second-order valence-corrected chi connectivity index (χ2v) is 18.3. The van der Waals surface area contributed by atoms with Crippen LogP contribution in [0.1, 0.15) is 39.3 Å². The third kappa shape index (κ3) is 5.85. The number of H-pyrrole nitrogens is 2. The Morgan fingerprint density at radius 2 is 0.767 bits per heavy atom. The van der Waals surface area contributed by atoms with Gasteiger partial charge >= 0.3 is 0 Å². The SMILES string of the molecule is C1=Cc2nc1c(-c1ccccc1)c1ccc([nH]1)c(-c1ccccc1)c1nc(c(-c3cccc4c3-c3c-4cccc3C3SCCCS3)c3ccc([nH]3)c2-c2ccccc2)C=C1. The van der Waals surface area contributed by atoms with Gasteiger partial charge in [0.2, 0.25) is 0 Å². The summed E-state index contributed by atoms with van der Waals surface area (Å²) in [6, 6.07) is 54.4. The average molecular weight is 807 g/mol. The first-order valence-corrected chi connectivity index (χ1v) is 22.7. The van der Waals surface area contributed by atoms with Crippen LogP contribution in [0.3, 0.4) is 0 Å². The summed E-state index contributed by atoms with van der Waals surface area (Å²) in [4.78, 5) is 18.9. The van der Waals surface area contributed by atoms with E-state index < -0.39 is 0 Å². The molecular weight excluding hydrogens is 769 g/mol. The molecule has 6 heterocycles. The molecule has 0 amide bonds. The molecule has 8 aromatic rings. The van der Waals surface area contributed by atoms with E-state index in [4.69, 9.17) is 9.97 Å². The van der Waals surface area contributed by atoms with Crippen LogP contribution in [0.5, 0.6) is 0 Å². The first-order chi connectivity index (χ1) is 29.8. The number of benzene rings is 5. The summed E-state index contributed by atoms with van der Waals surface area (Å²) >= 11 is 4.17. The molecule has 1 aliphatic carbocycles. The van der Waals surface area contributed by atoms with Crippen LogP contribution in [0.25, 0.3) is 113 Å². The molecule has 60 heavy (non-hydrogen) atoms. The number of thioether (sulfide) groups is 2. The minimum atomic E-state index is 0.427. The van der Waals surface area contributed by atoms with Crippen molar-refractivity contribution >= 4 is 69.9 Å². The second-order valence-electron chi connectivity index (χ2n) is 15.5. The largest absolute Gasteiger partial charge is 0.354 e. The number of nitrogens with zero attached hydrogens (tertiary/aromatic N) is 2. The molecule has 2 N–H and O–H groups in total. The summed E-state index contributed by atoms with van der Waals surface area (Å²) in [5.74, 6) is 2.40. The molecule has 0 spiro atoms. The lowest BCUT2D eigenvalue weighted by Crippen LogP contribution is -2.08. The van der Waals surface area contributed by atoms with Gasteiger partial charge in [-0.25, -0.2) is 9.97 Å². The second kappa shape index (κ2) is 14.6. The first-order valence-electron chi connectivity index (χ1n) is 20.6. The molecule has 0 unspecified atom stereocenters. The lowest BCUT2D eigenvalue weighted by Gasteiger charge is -2.33. The predicted molar refractivity (Wildman–Crippen MR) is 257 cm³/mol. The van der Waals surface area contributed by atoms with Crippen LogP contribution in [0.15, 0.2) is 152 Å². The topological polar surface area (TPSA) is 57.4 Å². The molecule has 3 aliphatic heterocycles. The molecule has 0 radical (unpaired) electrons. The molecule has 8 bridgehead atoms. The highest BCUT2D eigenvalue weighted by Crippen LogP contribution is 2.58. The maximum absolute atomic E-state index is 5.60. The van der Waals surface area contributed by atoms with E-state index in [-0.39, 0.29) is 0 Å². The number of nitrogens with one attached hydrogen (secondary N) is 2. The van der Waals surface area contributed by atoms with E-state index in [2.05, 4.69) is 209 Å². The zero-order chi connectivity index (χ0) is 39.6. The highest BCUT2D eigenvalue weighted by molar-refractivity contribution is 8.16. The Hall–Kier alpha value is -6.60. The first kappa shape index (κ1) is 35.4. The Bertz CT molecular complexity index is 3190. The van der Waals surface area contributed by atoms with Gasteiger partial charge in [0.25, 0.3) is 0 Å². The van der Waals surface area contributed by atoms with Gasteiger partial charge in [0, 0.05) is 44.3 Å². The summed E-state index contributed by atoms with van der Waals surface area (Å²) in [6.45, 7) is 0. The van der Waals surface area contributed by atoms with Gasteiger partial charge in [0.1, 0.15) is 0 Å². The van der Waals surface area contributed by atoms with Crippen LogP contribution in [-0.4, -0.2) is 31.4 Å². The maximum Gasteiger partial charge on any atom is 0.0757 e. The van der Waals surface area contributed by atoms with E-state index in [1.165, 1.54) is 51.3 Å². The van der Waals surface area contributed by atoms with Crippen molar-refractivity contribution in [2.45, 2.75) is 11.0 Å². The van der Waals surface area contributed by atoms with Gasteiger partial charge in [0.15, 0.2) is 0 Å². The fourth-order valence-electron chi connectivity index (χ4n) is 9.34. The van der Waals surface area contributed by atoms with Crippen molar-refractivity contribution in [3.05, 3.63) is 180 Å². The highest BCUT2D eigenvalue weighted by atomic mass is 32.2. The quantitative estimate of drug-likeness (QED) is 0.182. The Kier molecular flexibility index (Phi) is 8.60. The standard InChI is InChI=1S/C54H38N4S2/c1-4-13-33(14-5-1)48-40-23-25-42(55-40)49(34-15-6-2-7-16-34)44-27-29-46(57-44)53(47-30-28-45(58-47)50(35-17-8-3-9-18-35)43-26-24-41(48)56-43)38-21-10-19-36-37-20-11-22-39(52(37)51(36)38)54-59-31-12-32-60-54/h1-11,13-30,54-55,58H,12,31-32H2. The van der Waals surface area contributed by atoms with Crippen LogP contribution >= 0.6 is 23.5 Å². The van der Waals surface area contributed by atoms with E-state index in [0.717, 1.165) is 83.8 Å². The zero-order valence-electron chi connectivity index (χ0n) is 32.7. The molecule has 1 saturated heterocycles. The maximum atomic E-state index is 5.60. The summed E-state index contributed by atoms with van der Waals surface area (Å²) in [5.41, 5.74) is 23.2. The van der Waals surface area contributed by atoms with Crippen molar-refractivity contribution in [2.24, 2.45) is 0 Å². The van der Waals surface area contributed by atoms with Crippen LogP contribution < -0.4 is 0 Å². The fourth-order valence-corrected chi connectivity index (χ4v) is 12.3. The molecule has 4 aliphatic rings. The molecular formula is C54H38N4S2. The van der Waals surface area contributed by atoms with Crippen molar-refractivity contribution < 1.29 is 0 Å². The van der Waals surface area contributed by atoms with Gasteiger partial charge in [-0.3, -0.25) is 0 Å². The van der Waals surface area contributed by atoms with E-state index in [1.54, 1.807) is 0 Å². The van der Waals surface area contributed by atoms with E-state index in [0.29, 0.717) is 4.58 Å². The molecule has 0 atom stereocenters. The molecule has 3 aromatic heterocycles. The monoisotopic (exact) mass is 806 g/mol. The summed E-state index contributed by atoms with van der Waals surface area (Å²) in [7, 11) is 0. The minimum Gasteiger partial charge on any atom is -0.354 e. The van der Waals surface area contributed by atoms with Crippen LogP contribution in [0.2, 0.25) is 0 Å². The molecule has 5 aromatic carbocycles. The van der Waals surface area contributed by atoms with Crippen LogP contribution in [0.4, 0.5) is 0 Å². The number of aromatic nitrogens is 4. The highest BCUT2D eigenvalue weighted by Gasteiger charge is 2.33. The van der Waals surface area contributed by atoms with Gasteiger partial charge in [-0.2, -0.15) is 0 Å². The Morgan fingerprint density at radius 3 is 1.25 bits per heavy atom. The minimum absolute atomic E-state index is 0.427. The summed E-state index contributed by atoms with van der Waals surface area (Å²) in [5, 5.41) is 0. The number of aromatic amines is 2. The van der Waals surface area contributed by atoms with Crippen molar-refractivity contribution in [3.63, 3.8) is 0 Å². The van der Waals surface area contributed by atoms with Crippen molar-refractivity contribution in [2.75, 3.05) is 11.5 Å². The van der Waals surface area contributed by atoms with E-state index in [1.807, 2.05) is 0 Å². The summed E-state index contributed by atoms with van der Waals surface area (Å²) < 4.78 is 0.427. The van der Waals surface area contributed by atoms with Crippen molar-refractivity contribution in [3.8, 4) is 66.8 Å². The van der Waals surface area contributed by atoms with Crippen molar-refractivity contribution in [1.82, 2.24) is 19.9 Å². The smallest absolute Gasteiger partial charge is 0.0757 e. The predicted octanol–water partition coefficient (Wildman–Crippen LogP) is 14.8. The van der Waals surface area contributed by atoms with Crippen LogP contribution in [0, 0.1) is 0 Å². The molecule has 4 nitrogen and oxygen atoms in total. The van der Waals surface area contributed by atoms with Gasteiger partial charge in [-0.1, -0.05) is 127 Å². The summed E-state index contributed by atoms with van der Waals surface area (Å²) in [6.07, 6.45) is 10.00. The van der Waals surface area contributed by atoms with Gasteiger partial charge in [-0.05, 0) is 117 Å². The molecule has 12 rings (SSSR count). The molecule has 1 fully saturated rings. The molecule has 286 valence electrons. The van der Waals surface area contributed by atoms with Gasteiger partial charge in [0.05, 0.1) is 27.4 Å². The van der Waals surface area contributed by atoms with Gasteiger partial charge < -0.3 is 9.97 Å². The fraction of sp³-hybridized carbons (Fsp3) is 0.0741. The number of hydrogen-bond acceptors (Lipinski definition) is 4. The number of fused-ring (bicyclic) bond motifs is 12. The van der Waals surface area contributed by atoms with Crippen LogP contribution in [-0.2, 0) is 0 Å². The lowest BCUT2D eigenvalue weighted by molar-refractivity contribution is 1.10. The third-order valence-electron chi connectivity index (χ3n) is 12.0. The molecule has 0 saturated carbocycles. The van der Waals surface area contributed by atoms with E-state index in [9.17, 15) is 0 Å². The zero-order valence-corrected chi connectivity index (χ0v) is 34.3. The van der Waals surface area contributed by atoms with Gasteiger partial charge in [-0.15, -0.1) is 23.5 Å². The normalized spacial score (nSPS) is 14.1. The Labute approximate surface area is 357 Å². The van der Waals surface area contributed by atoms with E-state index >= 15 is 0 Å². The lowest BCUT2D eigenvalue weighted by atomic mass is 9.74. The number of rotatable bonds is 5. The molecule has 6 heteroatoms.